The number of carbonyl (C=O) groups excluding carboxylic acids is 3. The van der Waals surface area contributed by atoms with Gasteiger partial charge in [0.05, 0.1) is 44.7 Å². The maximum absolute atomic E-state index is 14.0. The van der Waals surface area contributed by atoms with E-state index in [1.807, 2.05) is 78.5 Å². The minimum absolute atomic E-state index is 0.0302. The number of benzene rings is 4. The van der Waals surface area contributed by atoms with Crippen LogP contribution in [0.15, 0.2) is 71.7 Å². The second-order valence-electron chi connectivity index (χ2n) is 15.9. The number of rotatable bonds is 15. The summed E-state index contributed by atoms with van der Waals surface area (Å²) in [5, 5.41) is 0. The Balaban J connectivity index is 0.824. The summed E-state index contributed by atoms with van der Waals surface area (Å²) in [5.74, 6) is 1.77. The van der Waals surface area contributed by atoms with Gasteiger partial charge in [-0.15, -0.1) is 0 Å². The number of ether oxygens (including phenoxy) is 4. The van der Waals surface area contributed by atoms with Crippen LogP contribution < -0.4 is 24.0 Å². The van der Waals surface area contributed by atoms with E-state index in [-0.39, 0.29) is 29.9 Å². The highest BCUT2D eigenvalue weighted by atomic mass is 16.5. The summed E-state index contributed by atoms with van der Waals surface area (Å²) in [7, 11) is 5.08. The summed E-state index contributed by atoms with van der Waals surface area (Å²) in [6.07, 6.45) is 8.94. The first kappa shape index (κ1) is 39.2. The molecular weight excluding hydrogens is 733 g/mol. The fourth-order valence-corrected chi connectivity index (χ4v) is 8.85. The summed E-state index contributed by atoms with van der Waals surface area (Å²) < 4.78 is 22.9. The van der Waals surface area contributed by atoms with Crippen LogP contribution in [0, 0.1) is 6.92 Å². The molecule has 11 nitrogen and oxygen atoms in total. The largest absolute Gasteiger partial charge is 0.493 e. The molecule has 302 valence electrons. The van der Waals surface area contributed by atoms with Gasteiger partial charge in [-0.2, -0.15) is 0 Å². The molecule has 0 aliphatic carbocycles. The summed E-state index contributed by atoms with van der Waals surface area (Å²) in [6.45, 7) is 4.57. The van der Waals surface area contributed by atoms with Crippen LogP contribution in [-0.2, 0) is 35.3 Å². The van der Waals surface area contributed by atoms with Crippen molar-refractivity contribution < 1.29 is 33.3 Å². The van der Waals surface area contributed by atoms with Crippen LogP contribution in [0.25, 0.3) is 0 Å². The van der Waals surface area contributed by atoms with Crippen molar-refractivity contribution in [3.63, 3.8) is 0 Å². The number of carbonyl (C=O) groups is 3. The van der Waals surface area contributed by atoms with E-state index in [1.54, 1.807) is 7.11 Å². The van der Waals surface area contributed by atoms with E-state index in [4.69, 9.17) is 23.9 Å². The zero-order valence-corrected chi connectivity index (χ0v) is 33.9. The molecule has 2 atom stereocenters. The molecule has 4 aromatic carbocycles. The Hall–Kier alpha value is -5.68. The molecule has 58 heavy (non-hydrogen) atoms. The van der Waals surface area contributed by atoms with Gasteiger partial charge in [0.1, 0.15) is 5.75 Å². The molecule has 8 rings (SSSR count). The van der Waals surface area contributed by atoms with Crippen molar-refractivity contribution in [2.45, 2.75) is 83.3 Å². The summed E-state index contributed by atoms with van der Waals surface area (Å²) in [4.78, 5) is 50.1. The lowest BCUT2D eigenvalue weighted by Gasteiger charge is -2.23. The first-order valence-corrected chi connectivity index (χ1v) is 20.5. The summed E-state index contributed by atoms with van der Waals surface area (Å²) >= 11 is 0. The fraction of sp³-hybridized carbons (Fsp3) is 0.404. The molecule has 0 unspecified atom stereocenters. The van der Waals surface area contributed by atoms with E-state index in [0.717, 1.165) is 91.8 Å². The molecule has 0 bridgehead atoms. The number of aryl methyl sites for hydroxylation is 2. The van der Waals surface area contributed by atoms with E-state index in [9.17, 15) is 14.4 Å². The Morgan fingerprint density at radius 1 is 0.793 bits per heavy atom. The highest BCUT2D eigenvalue weighted by Crippen LogP contribution is 2.42. The Kier molecular flexibility index (Phi) is 11.5. The highest BCUT2D eigenvalue weighted by Gasteiger charge is 2.38. The van der Waals surface area contributed by atoms with E-state index >= 15 is 0 Å². The molecule has 4 aromatic rings. The van der Waals surface area contributed by atoms with E-state index in [1.165, 1.54) is 18.2 Å². The average molecular weight is 785 g/mol. The van der Waals surface area contributed by atoms with Crippen molar-refractivity contribution in [2.75, 3.05) is 50.8 Å². The first-order valence-electron chi connectivity index (χ1n) is 20.5. The molecule has 0 spiro atoms. The third kappa shape index (κ3) is 7.92. The minimum Gasteiger partial charge on any atom is -0.493 e. The monoisotopic (exact) mass is 784 g/mol. The number of fused-ring (bicyclic) bond motifs is 8. The van der Waals surface area contributed by atoms with Crippen molar-refractivity contribution in [1.29, 1.82) is 0 Å². The maximum atomic E-state index is 14.0. The van der Waals surface area contributed by atoms with Gasteiger partial charge in [-0.25, -0.2) is 0 Å². The van der Waals surface area contributed by atoms with Gasteiger partial charge in [-0.05, 0) is 124 Å². The van der Waals surface area contributed by atoms with Gasteiger partial charge in [0.25, 0.3) is 11.8 Å². The number of esters is 1. The van der Waals surface area contributed by atoms with E-state index < -0.39 is 0 Å². The van der Waals surface area contributed by atoms with Crippen LogP contribution in [0.2, 0.25) is 0 Å². The van der Waals surface area contributed by atoms with Gasteiger partial charge in [0.15, 0.2) is 11.5 Å². The van der Waals surface area contributed by atoms with Crippen LogP contribution in [0.4, 0.5) is 17.1 Å². The molecule has 0 aromatic heterocycles. The zero-order valence-electron chi connectivity index (χ0n) is 33.9. The number of amides is 2. The molecule has 0 saturated heterocycles. The number of hydrogen-bond donors (Lipinski definition) is 0. The third-order valence-electron chi connectivity index (χ3n) is 11.9. The second-order valence-corrected chi connectivity index (χ2v) is 15.9. The van der Waals surface area contributed by atoms with Gasteiger partial charge in [0.2, 0.25) is 0 Å². The topological polar surface area (TPSA) is 110 Å². The highest BCUT2D eigenvalue weighted by molar-refractivity contribution is 6.14. The lowest BCUT2D eigenvalue weighted by molar-refractivity contribution is -0.140. The van der Waals surface area contributed by atoms with Crippen molar-refractivity contribution in [3.8, 4) is 17.2 Å². The lowest BCUT2D eigenvalue weighted by atomic mass is 9.99. The van der Waals surface area contributed by atoms with Gasteiger partial charge in [-0.1, -0.05) is 30.3 Å². The number of methoxy groups -OCH3 is 2. The maximum Gasteiger partial charge on any atom is 0.305 e. The SMILES string of the molecule is COC(=O)CCCN(C)Cc1ccc2c(c1)C[C@H]1C=Nc3cc(OCCCCCOc4cc5c(cc4OC)C(=O)N4c6ccccc6C[C@H]4CC5)c(C)cc3C(=O)N21. The van der Waals surface area contributed by atoms with Gasteiger partial charge >= 0.3 is 5.97 Å². The van der Waals surface area contributed by atoms with Gasteiger partial charge in [0, 0.05) is 54.6 Å². The summed E-state index contributed by atoms with van der Waals surface area (Å²) in [5.41, 5.74) is 9.28. The van der Waals surface area contributed by atoms with Crippen LogP contribution in [0.5, 0.6) is 17.2 Å². The molecule has 0 N–H and O–H groups in total. The number of unbranched alkanes of at least 4 members (excludes halogenated alkanes) is 2. The van der Waals surface area contributed by atoms with Crippen LogP contribution in [0.3, 0.4) is 0 Å². The Bertz CT molecular complexity index is 2250. The standard InChI is InChI=1S/C47H52N4O7/c1-30-21-38-39(48-28-36-24-34-22-31(14-17-41(34)51(36)47(38)54)29-49(2)18-10-13-45(52)56-4)27-42(30)57-19-8-5-9-20-58-44-25-32-15-16-35-23-33-11-6-7-12-40(33)50(35)46(53)37(32)26-43(44)55-3/h6-7,11-12,14,17,21-22,25-28,35-36H,5,8-10,13,15-16,18-20,23-24,29H2,1-4H3/t35-,36+/m1/s1. The van der Waals surface area contributed by atoms with Crippen molar-refractivity contribution in [3.05, 3.63) is 106 Å². The second kappa shape index (κ2) is 17.0. The predicted octanol–water partition coefficient (Wildman–Crippen LogP) is 7.82. The van der Waals surface area contributed by atoms with Crippen LogP contribution >= 0.6 is 0 Å². The first-order chi connectivity index (χ1) is 28.2. The van der Waals surface area contributed by atoms with Crippen molar-refractivity contribution >= 4 is 41.1 Å². The summed E-state index contributed by atoms with van der Waals surface area (Å²) in [6, 6.07) is 22.2. The molecular formula is C47H52N4O7. The molecule has 4 aliphatic heterocycles. The Morgan fingerprint density at radius 3 is 2.38 bits per heavy atom. The van der Waals surface area contributed by atoms with Crippen LogP contribution in [-0.4, -0.2) is 82.0 Å². The normalized spacial score (nSPS) is 17.5. The molecule has 0 radical (unpaired) electrons. The van der Waals surface area contributed by atoms with Gasteiger partial charge < -0.3 is 28.7 Å². The van der Waals surface area contributed by atoms with Crippen molar-refractivity contribution in [1.82, 2.24) is 4.90 Å². The minimum atomic E-state index is -0.187. The van der Waals surface area contributed by atoms with Crippen molar-refractivity contribution in [2.24, 2.45) is 4.99 Å². The molecule has 4 heterocycles. The van der Waals surface area contributed by atoms with E-state index in [0.29, 0.717) is 54.4 Å². The number of aliphatic imine (C=N–C) groups is 1. The van der Waals surface area contributed by atoms with Crippen LogP contribution in [0.1, 0.15) is 87.1 Å². The quantitative estimate of drug-likeness (QED) is 0.0887. The smallest absolute Gasteiger partial charge is 0.305 e. The van der Waals surface area contributed by atoms with Gasteiger partial charge in [-0.3, -0.25) is 24.3 Å². The van der Waals surface area contributed by atoms with E-state index in [2.05, 4.69) is 23.1 Å². The predicted molar refractivity (Wildman–Crippen MR) is 225 cm³/mol. The molecule has 4 aliphatic rings. The number of hydrogen-bond acceptors (Lipinski definition) is 9. The molecule has 11 heteroatoms. The lowest BCUT2D eigenvalue weighted by Crippen LogP contribution is -2.37. The Morgan fingerprint density at radius 2 is 1.57 bits per heavy atom. The molecule has 0 fully saturated rings. The fourth-order valence-electron chi connectivity index (χ4n) is 8.85. The third-order valence-corrected chi connectivity index (χ3v) is 11.9. The zero-order chi connectivity index (χ0) is 40.3. The molecule has 0 saturated carbocycles. The number of anilines is 2. The number of nitrogens with zero attached hydrogens (tertiary/aromatic N) is 4. The molecule has 2 amide bonds. The average Bonchev–Trinajstić information content (AvgIpc) is 3.71. The number of para-hydroxylation sites is 1. The Labute approximate surface area is 340 Å².